The maximum Gasteiger partial charge on any atom is 0.317 e. The van der Waals surface area contributed by atoms with Gasteiger partial charge in [-0.05, 0) is 5.92 Å². The van der Waals surface area contributed by atoms with E-state index in [9.17, 15) is 14.4 Å². The lowest BCUT2D eigenvalue weighted by Gasteiger charge is -2.16. The van der Waals surface area contributed by atoms with Crippen molar-refractivity contribution in [3.8, 4) is 0 Å². The largest absolute Gasteiger partial charge is 0.480 e. The summed E-state index contributed by atoms with van der Waals surface area (Å²) in [6, 6.07) is 1.56. The molecule has 0 radical (unpaired) electrons. The minimum Gasteiger partial charge on any atom is -0.480 e. The number of carbonyl (C=O) groups excluding carboxylic acids is 1. The standard InChI is InChI=1S/C12H17N3O6/c1-7(2)8-3-10(21-14-8)13-9(16)4-15(5-11(17)18)6-12(19)20/h3,7H,4-6H2,1-2H3,(H,13,16)(H,17,18)(H,19,20). The highest BCUT2D eigenvalue weighted by atomic mass is 16.5. The van der Waals surface area contributed by atoms with E-state index in [1.165, 1.54) is 0 Å². The van der Waals surface area contributed by atoms with Crippen LogP contribution in [0.4, 0.5) is 5.88 Å². The number of nitrogens with zero attached hydrogens (tertiary/aromatic N) is 2. The van der Waals surface area contributed by atoms with Gasteiger partial charge in [-0.3, -0.25) is 24.6 Å². The minimum atomic E-state index is -1.22. The van der Waals surface area contributed by atoms with Crippen LogP contribution in [-0.4, -0.2) is 57.7 Å². The molecule has 21 heavy (non-hydrogen) atoms. The lowest BCUT2D eigenvalue weighted by molar-refractivity contribution is -0.142. The lowest BCUT2D eigenvalue weighted by atomic mass is 10.1. The second-order valence-electron chi connectivity index (χ2n) is 4.75. The third-order valence-corrected chi connectivity index (χ3v) is 2.47. The Labute approximate surface area is 120 Å². The van der Waals surface area contributed by atoms with Crippen LogP contribution >= 0.6 is 0 Å². The molecule has 0 saturated carbocycles. The van der Waals surface area contributed by atoms with E-state index in [1.54, 1.807) is 6.07 Å². The third kappa shape index (κ3) is 6.04. The highest BCUT2D eigenvalue weighted by Crippen LogP contribution is 2.17. The number of rotatable bonds is 8. The van der Waals surface area contributed by atoms with E-state index < -0.39 is 30.9 Å². The van der Waals surface area contributed by atoms with Crippen LogP contribution in [0.15, 0.2) is 10.6 Å². The molecule has 0 aliphatic rings. The van der Waals surface area contributed by atoms with Gasteiger partial charge in [0.1, 0.15) is 0 Å². The molecule has 0 aliphatic heterocycles. The third-order valence-electron chi connectivity index (χ3n) is 2.47. The van der Waals surface area contributed by atoms with E-state index in [4.69, 9.17) is 14.7 Å². The Bertz CT molecular complexity index is 509. The summed E-state index contributed by atoms with van der Waals surface area (Å²) >= 11 is 0. The first-order valence-electron chi connectivity index (χ1n) is 6.20. The first-order chi connectivity index (χ1) is 9.77. The molecule has 9 heteroatoms. The molecule has 9 nitrogen and oxygen atoms in total. The van der Waals surface area contributed by atoms with Crippen LogP contribution in [0.1, 0.15) is 25.5 Å². The zero-order valence-corrected chi connectivity index (χ0v) is 11.7. The summed E-state index contributed by atoms with van der Waals surface area (Å²) in [5, 5.41) is 23.5. The Morgan fingerprint density at radius 2 is 1.81 bits per heavy atom. The fraction of sp³-hybridized carbons (Fsp3) is 0.500. The Morgan fingerprint density at radius 3 is 2.24 bits per heavy atom. The van der Waals surface area contributed by atoms with Gasteiger partial charge in [-0.15, -0.1) is 0 Å². The molecule has 0 saturated heterocycles. The van der Waals surface area contributed by atoms with Crippen molar-refractivity contribution >= 4 is 23.7 Å². The molecule has 0 unspecified atom stereocenters. The van der Waals surface area contributed by atoms with Crippen LogP contribution in [0.25, 0.3) is 0 Å². The van der Waals surface area contributed by atoms with Crippen LogP contribution in [0, 0.1) is 0 Å². The zero-order valence-electron chi connectivity index (χ0n) is 11.7. The summed E-state index contributed by atoms with van der Waals surface area (Å²) in [6.45, 7) is 2.34. The van der Waals surface area contributed by atoms with Crippen molar-refractivity contribution in [3.63, 3.8) is 0 Å². The topological polar surface area (TPSA) is 133 Å². The smallest absolute Gasteiger partial charge is 0.317 e. The second kappa shape index (κ2) is 7.39. The second-order valence-corrected chi connectivity index (χ2v) is 4.75. The van der Waals surface area contributed by atoms with E-state index in [0.29, 0.717) is 5.69 Å². The van der Waals surface area contributed by atoms with E-state index in [-0.39, 0.29) is 18.3 Å². The molecule has 3 N–H and O–H groups in total. The van der Waals surface area contributed by atoms with Crippen molar-refractivity contribution in [2.24, 2.45) is 0 Å². The van der Waals surface area contributed by atoms with Crippen molar-refractivity contribution in [1.82, 2.24) is 10.1 Å². The van der Waals surface area contributed by atoms with Gasteiger partial charge in [-0.2, -0.15) is 0 Å². The maximum atomic E-state index is 11.7. The van der Waals surface area contributed by atoms with Crippen molar-refractivity contribution in [1.29, 1.82) is 0 Å². The molecule has 1 amide bonds. The number of hydrogen-bond donors (Lipinski definition) is 3. The van der Waals surface area contributed by atoms with Gasteiger partial charge in [0.2, 0.25) is 11.8 Å². The average Bonchev–Trinajstić information content (AvgIpc) is 2.75. The minimum absolute atomic E-state index is 0.134. The number of amides is 1. The summed E-state index contributed by atoms with van der Waals surface area (Å²) in [4.78, 5) is 34.0. The van der Waals surface area contributed by atoms with Gasteiger partial charge in [0.05, 0.1) is 25.3 Å². The summed E-state index contributed by atoms with van der Waals surface area (Å²) < 4.78 is 4.91. The molecule has 1 rings (SSSR count). The molecule has 0 atom stereocenters. The van der Waals surface area contributed by atoms with Crippen LogP contribution in [0.3, 0.4) is 0 Å². The molecule has 1 aromatic rings. The lowest BCUT2D eigenvalue weighted by Crippen LogP contribution is -2.40. The number of aliphatic carboxylic acids is 2. The predicted octanol–water partition coefficient (Wildman–Crippen LogP) is 0.208. The number of carboxylic acids is 2. The monoisotopic (exact) mass is 299 g/mol. The number of aromatic nitrogens is 1. The summed E-state index contributed by atoms with van der Waals surface area (Å²) in [6.07, 6.45) is 0. The first-order valence-corrected chi connectivity index (χ1v) is 6.20. The average molecular weight is 299 g/mol. The van der Waals surface area contributed by atoms with Gasteiger partial charge in [0.25, 0.3) is 0 Å². The SMILES string of the molecule is CC(C)c1cc(NC(=O)CN(CC(=O)O)CC(=O)O)on1. The van der Waals surface area contributed by atoms with Crippen LogP contribution in [-0.2, 0) is 14.4 Å². The number of anilines is 1. The Balaban J connectivity index is 2.59. The van der Waals surface area contributed by atoms with E-state index in [1.807, 2.05) is 13.8 Å². The van der Waals surface area contributed by atoms with Gasteiger partial charge >= 0.3 is 11.9 Å². The van der Waals surface area contributed by atoms with Crippen molar-refractivity contribution < 1.29 is 29.1 Å². The fourth-order valence-corrected chi connectivity index (χ4v) is 1.55. The van der Waals surface area contributed by atoms with Gasteiger partial charge in [0, 0.05) is 6.07 Å². The summed E-state index contributed by atoms with van der Waals surface area (Å²) in [5.74, 6) is -2.75. The summed E-state index contributed by atoms with van der Waals surface area (Å²) in [7, 11) is 0. The maximum absolute atomic E-state index is 11.7. The summed E-state index contributed by atoms with van der Waals surface area (Å²) in [5.41, 5.74) is 0.665. The number of carbonyl (C=O) groups is 3. The van der Waals surface area contributed by atoms with Gasteiger partial charge in [-0.25, -0.2) is 0 Å². The molecule has 0 aliphatic carbocycles. The predicted molar refractivity (Wildman–Crippen MR) is 70.9 cm³/mol. The van der Waals surface area contributed by atoms with Gasteiger partial charge in [0.15, 0.2) is 0 Å². The first kappa shape index (κ1) is 16.6. The van der Waals surface area contributed by atoms with E-state index in [2.05, 4.69) is 10.5 Å². The molecule has 116 valence electrons. The fourth-order valence-electron chi connectivity index (χ4n) is 1.55. The molecular weight excluding hydrogens is 282 g/mol. The van der Waals surface area contributed by atoms with Crippen molar-refractivity contribution in [2.75, 3.05) is 25.0 Å². The molecule has 0 fully saturated rings. The normalized spacial score (nSPS) is 10.9. The number of hydrogen-bond acceptors (Lipinski definition) is 6. The van der Waals surface area contributed by atoms with Crippen LogP contribution in [0.5, 0.6) is 0 Å². The number of carboxylic acid groups (broad SMARTS) is 2. The Morgan fingerprint density at radius 1 is 1.24 bits per heavy atom. The molecule has 1 aromatic heterocycles. The molecule has 1 heterocycles. The highest BCUT2D eigenvalue weighted by Gasteiger charge is 2.18. The van der Waals surface area contributed by atoms with E-state index in [0.717, 1.165) is 4.90 Å². The molecule has 0 aromatic carbocycles. The quantitative estimate of drug-likeness (QED) is 0.620. The van der Waals surface area contributed by atoms with Crippen molar-refractivity contribution in [3.05, 3.63) is 11.8 Å². The molecule has 0 bridgehead atoms. The molecule has 0 spiro atoms. The van der Waals surface area contributed by atoms with E-state index >= 15 is 0 Å². The van der Waals surface area contributed by atoms with Crippen LogP contribution in [0.2, 0.25) is 0 Å². The number of nitrogens with one attached hydrogen (secondary N) is 1. The van der Waals surface area contributed by atoms with Crippen molar-refractivity contribution in [2.45, 2.75) is 19.8 Å². The van der Waals surface area contributed by atoms with Crippen LogP contribution < -0.4 is 5.32 Å². The van der Waals surface area contributed by atoms with Gasteiger partial charge < -0.3 is 14.7 Å². The highest BCUT2D eigenvalue weighted by molar-refractivity contribution is 5.91. The molecular formula is C12H17N3O6. The van der Waals surface area contributed by atoms with Gasteiger partial charge in [-0.1, -0.05) is 19.0 Å². The zero-order chi connectivity index (χ0) is 16.0. The Hall–Kier alpha value is -2.42. The Kier molecular flexibility index (Phi) is 5.85.